The topological polar surface area (TPSA) is 46.9 Å². The van der Waals surface area contributed by atoms with Crippen molar-refractivity contribution in [2.24, 2.45) is 7.05 Å². The summed E-state index contributed by atoms with van der Waals surface area (Å²) in [7, 11) is 1.78. The average Bonchev–Trinajstić information content (AvgIpc) is 2.77. The van der Waals surface area contributed by atoms with Crippen molar-refractivity contribution < 1.29 is 4.79 Å². The molecule has 0 saturated heterocycles. The molecule has 0 atom stereocenters. The fourth-order valence-electron chi connectivity index (χ4n) is 2.16. The molecule has 0 bridgehead atoms. The Morgan fingerprint density at radius 1 is 1.53 bits per heavy atom. The lowest BCUT2D eigenvalue weighted by atomic mass is 9.97. The molecular formula is C13H19N3O. The third kappa shape index (κ3) is 3.19. The van der Waals surface area contributed by atoms with Gasteiger partial charge < -0.3 is 5.32 Å². The van der Waals surface area contributed by atoms with E-state index in [4.69, 9.17) is 0 Å². The van der Waals surface area contributed by atoms with E-state index in [0.717, 1.165) is 13.0 Å². The molecule has 0 spiro atoms. The van der Waals surface area contributed by atoms with Crippen LogP contribution in [-0.2, 0) is 7.05 Å². The number of carbonyl (C=O) groups excluding carboxylic acids is 1. The second-order valence-electron chi connectivity index (χ2n) is 4.45. The van der Waals surface area contributed by atoms with Gasteiger partial charge in [-0.1, -0.05) is 11.6 Å². The third-order valence-electron chi connectivity index (χ3n) is 3.17. The van der Waals surface area contributed by atoms with E-state index in [-0.39, 0.29) is 5.91 Å². The standard InChI is InChI=1S/C13H19N3O/c1-16-12(8-10-15-16)13(17)14-9-7-11-5-3-2-4-6-11/h5,8,10H,2-4,6-7,9H2,1H3,(H,14,17). The summed E-state index contributed by atoms with van der Waals surface area (Å²) in [6.45, 7) is 0.718. The van der Waals surface area contributed by atoms with Crippen LogP contribution >= 0.6 is 0 Å². The molecule has 4 nitrogen and oxygen atoms in total. The summed E-state index contributed by atoms with van der Waals surface area (Å²) in [4.78, 5) is 11.8. The Labute approximate surface area is 102 Å². The number of amides is 1. The first-order valence-corrected chi connectivity index (χ1v) is 6.21. The number of aryl methyl sites for hydroxylation is 1. The highest BCUT2D eigenvalue weighted by molar-refractivity contribution is 5.92. The highest BCUT2D eigenvalue weighted by Gasteiger charge is 2.09. The molecule has 1 aliphatic rings. The van der Waals surface area contributed by atoms with Crippen LogP contribution in [0.2, 0.25) is 0 Å². The fourth-order valence-corrected chi connectivity index (χ4v) is 2.16. The van der Waals surface area contributed by atoms with Crippen molar-refractivity contribution in [1.82, 2.24) is 15.1 Å². The molecule has 0 fully saturated rings. The number of carbonyl (C=O) groups is 1. The molecule has 1 heterocycles. The molecular weight excluding hydrogens is 214 g/mol. The lowest BCUT2D eigenvalue weighted by molar-refractivity contribution is 0.0944. The minimum atomic E-state index is -0.0404. The van der Waals surface area contributed by atoms with Crippen molar-refractivity contribution in [2.45, 2.75) is 32.1 Å². The Morgan fingerprint density at radius 2 is 2.41 bits per heavy atom. The highest BCUT2D eigenvalue weighted by atomic mass is 16.2. The summed E-state index contributed by atoms with van der Waals surface area (Å²) >= 11 is 0. The Morgan fingerprint density at radius 3 is 3.06 bits per heavy atom. The average molecular weight is 233 g/mol. The Kier molecular flexibility index (Phi) is 3.96. The van der Waals surface area contributed by atoms with Gasteiger partial charge in [-0.2, -0.15) is 5.10 Å². The molecule has 1 aromatic rings. The van der Waals surface area contributed by atoms with Gasteiger partial charge in [0.15, 0.2) is 0 Å². The van der Waals surface area contributed by atoms with Crippen LogP contribution in [0.5, 0.6) is 0 Å². The molecule has 92 valence electrons. The number of aromatic nitrogens is 2. The molecule has 1 aromatic heterocycles. The number of nitrogens with one attached hydrogen (secondary N) is 1. The molecule has 17 heavy (non-hydrogen) atoms. The summed E-state index contributed by atoms with van der Waals surface area (Å²) in [6, 6.07) is 1.73. The number of hydrogen-bond acceptors (Lipinski definition) is 2. The van der Waals surface area contributed by atoms with Gasteiger partial charge in [-0.25, -0.2) is 0 Å². The molecule has 1 N–H and O–H groups in total. The van der Waals surface area contributed by atoms with E-state index < -0.39 is 0 Å². The van der Waals surface area contributed by atoms with Crippen LogP contribution < -0.4 is 5.32 Å². The summed E-state index contributed by atoms with van der Waals surface area (Å²) in [6.07, 6.45) is 9.93. The number of allylic oxidation sites excluding steroid dienone is 1. The van der Waals surface area contributed by atoms with Crippen molar-refractivity contribution in [1.29, 1.82) is 0 Å². The number of nitrogens with zero attached hydrogens (tertiary/aromatic N) is 2. The van der Waals surface area contributed by atoms with Crippen LogP contribution in [0, 0.1) is 0 Å². The largest absolute Gasteiger partial charge is 0.350 e. The second kappa shape index (κ2) is 5.66. The zero-order valence-electron chi connectivity index (χ0n) is 10.3. The van der Waals surface area contributed by atoms with Gasteiger partial charge in [0.2, 0.25) is 0 Å². The predicted octanol–water partition coefficient (Wildman–Crippen LogP) is 2.04. The van der Waals surface area contributed by atoms with E-state index in [1.165, 1.54) is 31.3 Å². The van der Waals surface area contributed by atoms with Crippen LogP contribution in [0.15, 0.2) is 23.9 Å². The summed E-state index contributed by atoms with van der Waals surface area (Å²) in [5, 5.41) is 6.91. The van der Waals surface area contributed by atoms with Crippen LogP contribution in [0.3, 0.4) is 0 Å². The Bertz CT molecular complexity index is 420. The zero-order valence-corrected chi connectivity index (χ0v) is 10.3. The first kappa shape index (κ1) is 11.9. The Balaban J connectivity index is 1.77. The first-order chi connectivity index (χ1) is 8.27. The van der Waals surface area contributed by atoms with Gasteiger partial charge in [0, 0.05) is 19.8 Å². The van der Waals surface area contributed by atoms with E-state index in [0.29, 0.717) is 5.69 Å². The van der Waals surface area contributed by atoms with Gasteiger partial charge in [0.1, 0.15) is 5.69 Å². The summed E-state index contributed by atoms with van der Waals surface area (Å²) < 4.78 is 1.59. The summed E-state index contributed by atoms with van der Waals surface area (Å²) in [5.41, 5.74) is 2.10. The van der Waals surface area contributed by atoms with Crippen molar-refractivity contribution in [3.63, 3.8) is 0 Å². The van der Waals surface area contributed by atoms with Crippen LogP contribution in [0.4, 0.5) is 0 Å². The van der Waals surface area contributed by atoms with Gasteiger partial charge in [-0.05, 0) is 38.2 Å². The molecule has 0 unspecified atom stereocenters. The molecule has 4 heteroatoms. The maximum atomic E-state index is 11.8. The van der Waals surface area contributed by atoms with Gasteiger partial charge in [-0.3, -0.25) is 9.48 Å². The van der Waals surface area contributed by atoms with Crippen molar-refractivity contribution in [3.8, 4) is 0 Å². The fraction of sp³-hybridized carbons (Fsp3) is 0.538. The number of rotatable bonds is 4. The van der Waals surface area contributed by atoms with Gasteiger partial charge >= 0.3 is 0 Å². The van der Waals surface area contributed by atoms with Gasteiger partial charge in [-0.15, -0.1) is 0 Å². The summed E-state index contributed by atoms with van der Waals surface area (Å²) in [5.74, 6) is -0.0404. The van der Waals surface area contributed by atoms with Crippen LogP contribution in [-0.4, -0.2) is 22.2 Å². The minimum Gasteiger partial charge on any atom is -0.350 e. The molecule has 0 radical (unpaired) electrons. The van der Waals surface area contributed by atoms with E-state index in [1.54, 1.807) is 24.0 Å². The molecule has 1 aliphatic carbocycles. The van der Waals surface area contributed by atoms with Crippen LogP contribution in [0.1, 0.15) is 42.6 Å². The quantitative estimate of drug-likeness (QED) is 0.809. The molecule has 1 amide bonds. The van der Waals surface area contributed by atoms with Gasteiger partial charge in [0.05, 0.1) is 0 Å². The van der Waals surface area contributed by atoms with Crippen molar-refractivity contribution in [2.75, 3.05) is 6.54 Å². The van der Waals surface area contributed by atoms with E-state index in [1.807, 2.05) is 0 Å². The lowest BCUT2D eigenvalue weighted by Crippen LogP contribution is -2.26. The smallest absolute Gasteiger partial charge is 0.269 e. The zero-order chi connectivity index (χ0) is 12.1. The van der Waals surface area contributed by atoms with Crippen LogP contribution in [0.25, 0.3) is 0 Å². The number of hydrogen-bond donors (Lipinski definition) is 1. The van der Waals surface area contributed by atoms with Gasteiger partial charge in [0.25, 0.3) is 5.91 Å². The van der Waals surface area contributed by atoms with E-state index in [2.05, 4.69) is 16.5 Å². The minimum absolute atomic E-state index is 0.0404. The van der Waals surface area contributed by atoms with E-state index in [9.17, 15) is 4.79 Å². The Hall–Kier alpha value is -1.58. The normalized spacial score (nSPS) is 15.5. The predicted molar refractivity (Wildman–Crippen MR) is 66.7 cm³/mol. The molecule has 2 rings (SSSR count). The first-order valence-electron chi connectivity index (χ1n) is 6.21. The SMILES string of the molecule is Cn1nccc1C(=O)NCCC1=CCCCC1. The molecule has 0 aliphatic heterocycles. The third-order valence-corrected chi connectivity index (χ3v) is 3.17. The second-order valence-corrected chi connectivity index (χ2v) is 4.45. The molecule has 0 saturated carbocycles. The lowest BCUT2D eigenvalue weighted by Gasteiger charge is -2.12. The van der Waals surface area contributed by atoms with Crippen molar-refractivity contribution in [3.05, 3.63) is 29.6 Å². The maximum absolute atomic E-state index is 11.8. The maximum Gasteiger partial charge on any atom is 0.269 e. The van der Waals surface area contributed by atoms with E-state index >= 15 is 0 Å². The highest BCUT2D eigenvalue weighted by Crippen LogP contribution is 2.19. The monoisotopic (exact) mass is 233 g/mol. The van der Waals surface area contributed by atoms with Crippen molar-refractivity contribution >= 4 is 5.91 Å². The molecule has 0 aromatic carbocycles.